The number of nitrogens with zero attached hydrogens (tertiary/aromatic N) is 1. The Labute approximate surface area is 133 Å². The quantitative estimate of drug-likeness (QED) is 0.822. The minimum atomic E-state index is -0.911. The van der Waals surface area contributed by atoms with E-state index in [4.69, 9.17) is 5.11 Å². The maximum atomic E-state index is 10.9. The van der Waals surface area contributed by atoms with Gasteiger partial charge >= 0.3 is 5.97 Å². The van der Waals surface area contributed by atoms with Crippen molar-refractivity contribution >= 4 is 21.9 Å². The number of aliphatic hydroxyl groups excluding tert-OH is 1. The van der Waals surface area contributed by atoms with Gasteiger partial charge < -0.3 is 10.2 Å². The Morgan fingerprint density at radius 3 is 2.81 bits per heavy atom. The lowest BCUT2D eigenvalue weighted by molar-refractivity contribution is 0.0696. The van der Waals surface area contributed by atoms with Gasteiger partial charge in [0.2, 0.25) is 0 Å². The Morgan fingerprint density at radius 1 is 1.48 bits per heavy atom. The van der Waals surface area contributed by atoms with Crippen LogP contribution in [0.15, 0.2) is 22.7 Å². The number of halogens is 1. The molecule has 0 radical (unpaired) electrons. The average molecular weight is 356 g/mol. The predicted octanol–water partition coefficient (Wildman–Crippen LogP) is 3.13. The van der Waals surface area contributed by atoms with E-state index < -0.39 is 5.97 Å². The van der Waals surface area contributed by atoms with Gasteiger partial charge in [-0.2, -0.15) is 0 Å². The summed E-state index contributed by atoms with van der Waals surface area (Å²) >= 11 is 3.46. The highest BCUT2D eigenvalue weighted by atomic mass is 79.9. The summed E-state index contributed by atoms with van der Waals surface area (Å²) in [4.78, 5) is 13.3. The highest BCUT2D eigenvalue weighted by Crippen LogP contribution is 2.35. The van der Waals surface area contributed by atoms with Crippen LogP contribution >= 0.6 is 15.9 Å². The van der Waals surface area contributed by atoms with E-state index >= 15 is 0 Å². The molecular formula is C16H22BrNO3. The average Bonchev–Trinajstić information content (AvgIpc) is 2.85. The molecule has 0 saturated carbocycles. The van der Waals surface area contributed by atoms with Gasteiger partial charge in [-0.1, -0.05) is 35.3 Å². The van der Waals surface area contributed by atoms with Crippen LogP contribution in [-0.2, 0) is 6.54 Å². The predicted molar refractivity (Wildman–Crippen MR) is 85.4 cm³/mol. The number of aliphatic hydroxyl groups is 1. The standard InChI is InChI=1S/C16H22BrNO3/c1-2-5-16(11-19)6-7-18(10-16)9-13-4-3-12(15(20)21)8-14(13)17/h3-4,8,19H,2,5-7,9-11H2,1H3,(H,20,21). The lowest BCUT2D eigenvalue weighted by Crippen LogP contribution is -2.30. The molecule has 0 amide bonds. The number of rotatable bonds is 6. The minimum absolute atomic E-state index is 0.0439. The van der Waals surface area contributed by atoms with Crippen LogP contribution in [0.25, 0.3) is 0 Å². The molecule has 0 bridgehead atoms. The van der Waals surface area contributed by atoms with E-state index in [9.17, 15) is 9.90 Å². The highest BCUT2D eigenvalue weighted by Gasteiger charge is 2.36. The van der Waals surface area contributed by atoms with Crippen molar-refractivity contribution in [1.29, 1.82) is 0 Å². The Balaban J connectivity index is 2.05. The zero-order chi connectivity index (χ0) is 15.5. The second kappa shape index (κ2) is 6.90. The van der Waals surface area contributed by atoms with Crippen molar-refractivity contribution in [3.05, 3.63) is 33.8 Å². The normalized spacial score (nSPS) is 22.6. The second-order valence-corrected chi connectivity index (χ2v) is 6.83. The monoisotopic (exact) mass is 355 g/mol. The number of benzene rings is 1. The fraction of sp³-hybridized carbons (Fsp3) is 0.562. The van der Waals surface area contributed by atoms with E-state index in [2.05, 4.69) is 27.8 Å². The molecule has 1 aliphatic heterocycles. The molecule has 1 unspecified atom stereocenters. The molecule has 5 heteroatoms. The van der Waals surface area contributed by atoms with Gasteiger partial charge in [0.1, 0.15) is 0 Å². The third-order valence-electron chi connectivity index (χ3n) is 4.33. The molecule has 1 heterocycles. The molecule has 116 valence electrons. The van der Waals surface area contributed by atoms with Crippen molar-refractivity contribution in [3.8, 4) is 0 Å². The Kier molecular flexibility index (Phi) is 5.41. The van der Waals surface area contributed by atoms with Gasteiger partial charge in [-0.15, -0.1) is 0 Å². The number of likely N-dealkylation sites (tertiary alicyclic amines) is 1. The first-order valence-corrected chi connectivity index (χ1v) is 8.14. The third-order valence-corrected chi connectivity index (χ3v) is 5.07. The molecule has 1 atom stereocenters. The van der Waals surface area contributed by atoms with Gasteiger partial charge in [-0.05, 0) is 37.1 Å². The van der Waals surface area contributed by atoms with Crippen LogP contribution in [0.2, 0.25) is 0 Å². The van der Waals surface area contributed by atoms with E-state index in [1.165, 1.54) is 0 Å². The lowest BCUT2D eigenvalue weighted by atomic mass is 9.83. The molecule has 2 rings (SSSR count). The van der Waals surface area contributed by atoms with Crippen LogP contribution in [-0.4, -0.2) is 40.8 Å². The van der Waals surface area contributed by atoms with E-state index in [1.54, 1.807) is 12.1 Å². The first-order valence-electron chi connectivity index (χ1n) is 7.34. The summed E-state index contributed by atoms with van der Waals surface area (Å²) < 4.78 is 0.833. The number of hydrogen-bond acceptors (Lipinski definition) is 3. The SMILES string of the molecule is CCCC1(CO)CCN(Cc2ccc(C(=O)O)cc2Br)C1. The first kappa shape index (κ1) is 16.5. The number of carbonyl (C=O) groups is 1. The van der Waals surface area contributed by atoms with Gasteiger partial charge in [0, 0.05) is 29.6 Å². The number of carboxylic acid groups (broad SMARTS) is 1. The molecule has 2 N–H and O–H groups in total. The summed E-state index contributed by atoms with van der Waals surface area (Å²) in [6.07, 6.45) is 3.17. The van der Waals surface area contributed by atoms with Crippen molar-refractivity contribution in [2.24, 2.45) is 5.41 Å². The molecule has 1 aromatic carbocycles. The molecule has 21 heavy (non-hydrogen) atoms. The van der Waals surface area contributed by atoms with E-state index in [1.807, 2.05) is 6.07 Å². The van der Waals surface area contributed by atoms with E-state index in [0.717, 1.165) is 48.9 Å². The zero-order valence-electron chi connectivity index (χ0n) is 12.3. The first-order chi connectivity index (χ1) is 9.99. The fourth-order valence-corrected chi connectivity index (χ4v) is 3.66. The number of aromatic carboxylic acids is 1. The van der Waals surface area contributed by atoms with Crippen LogP contribution in [0.4, 0.5) is 0 Å². The smallest absolute Gasteiger partial charge is 0.335 e. The van der Waals surface area contributed by atoms with Gasteiger partial charge in [0.25, 0.3) is 0 Å². The molecule has 0 aromatic heterocycles. The van der Waals surface area contributed by atoms with Gasteiger partial charge in [-0.3, -0.25) is 4.90 Å². The molecule has 0 spiro atoms. The summed E-state index contributed by atoms with van der Waals surface area (Å²) in [6, 6.07) is 5.16. The Bertz CT molecular complexity index is 520. The van der Waals surface area contributed by atoms with Gasteiger partial charge in [0.05, 0.1) is 5.56 Å². The molecule has 1 aromatic rings. The lowest BCUT2D eigenvalue weighted by Gasteiger charge is -2.27. The zero-order valence-corrected chi connectivity index (χ0v) is 13.9. The molecule has 0 aliphatic carbocycles. The molecule has 1 saturated heterocycles. The van der Waals surface area contributed by atoms with Gasteiger partial charge in [-0.25, -0.2) is 4.79 Å². The third kappa shape index (κ3) is 3.84. The largest absolute Gasteiger partial charge is 0.478 e. The second-order valence-electron chi connectivity index (χ2n) is 5.98. The van der Waals surface area contributed by atoms with Gasteiger partial charge in [0.15, 0.2) is 0 Å². The van der Waals surface area contributed by atoms with Crippen molar-refractivity contribution in [2.45, 2.75) is 32.7 Å². The summed E-state index contributed by atoms with van der Waals surface area (Å²) in [7, 11) is 0. The summed E-state index contributed by atoms with van der Waals surface area (Å²) in [5, 5.41) is 18.7. The molecular weight excluding hydrogens is 334 g/mol. The molecule has 1 aliphatic rings. The number of carboxylic acids is 1. The highest BCUT2D eigenvalue weighted by molar-refractivity contribution is 9.10. The molecule has 1 fully saturated rings. The summed E-state index contributed by atoms with van der Waals surface area (Å²) in [5.74, 6) is -0.911. The Morgan fingerprint density at radius 2 is 2.24 bits per heavy atom. The summed E-state index contributed by atoms with van der Waals surface area (Å²) in [6.45, 7) is 5.07. The molecule has 4 nitrogen and oxygen atoms in total. The van der Waals surface area contributed by atoms with E-state index in [0.29, 0.717) is 5.56 Å². The topological polar surface area (TPSA) is 60.8 Å². The maximum Gasteiger partial charge on any atom is 0.335 e. The number of hydrogen-bond donors (Lipinski definition) is 2. The van der Waals surface area contributed by atoms with E-state index in [-0.39, 0.29) is 12.0 Å². The van der Waals surface area contributed by atoms with Crippen LogP contribution in [0.5, 0.6) is 0 Å². The van der Waals surface area contributed by atoms with Crippen molar-refractivity contribution in [2.75, 3.05) is 19.7 Å². The fourth-order valence-electron chi connectivity index (χ4n) is 3.15. The van der Waals surface area contributed by atoms with Crippen molar-refractivity contribution in [1.82, 2.24) is 4.90 Å². The maximum absolute atomic E-state index is 10.9. The Hall–Kier alpha value is -0.910. The van der Waals surface area contributed by atoms with Crippen molar-refractivity contribution < 1.29 is 15.0 Å². The summed E-state index contributed by atoms with van der Waals surface area (Å²) in [5.41, 5.74) is 1.43. The van der Waals surface area contributed by atoms with Crippen LogP contribution in [0.1, 0.15) is 42.1 Å². The van der Waals surface area contributed by atoms with Crippen LogP contribution in [0, 0.1) is 5.41 Å². The van der Waals surface area contributed by atoms with Crippen LogP contribution in [0.3, 0.4) is 0 Å². The van der Waals surface area contributed by atoms with Crippen LogP contribution < -0.4 is 0 Å². The van der Waals surface area contributed by atoms with Crippen molar-refractivity contribution in [3.63, 3.8) is 0 Å². The minimum Gasteiger partial charge on any atom is -0.478 e.